The van der Waals surface area contributed by atoms with Crippen LogP contribution in [-0.4, -0.2) is 25.3 Å². The number of methoxy groups -OCH3 is 1. The Morgan fingerprint density at radius 3 is 2.85 bits per heavy atom. The lowest BCUT2D eigenvalue weighted by atomic mass is 10.2. The van der Waals surface area contributed by atoms with E-state index >= 15 is 0 Å². The Morgan fingerprint density at radius 1 is 1.31 bits per heavy atom. The Balaban J connectivity index is 2.28. The van der Waals surface area contributed by atoms with Gasteiger partial charge in [0.15, 0.2) is 0 Å². The van der Waals surface area contributed by atoms with Crippen molar-refractivity contribution in [2.75, 3.05) is 20.3 Å². The number of aryl methyl sites for hydroxylation is 1. The monoisotopic (exact) mass is 181 g/mol. The Bertz CT molecular complexity index is 250. The van der Waals surface area contributed by atoms with Gasteiger partial charge in [-0.2, -0.15) is 0 Å². The van der Waals surface area contributed by atoms with Crippen molar-refractivity contribution >= 4 is 0 Å². The van der Waals surface area contributed by atoms with Crippen LogP contribution in [0.5, 0.6) is 0 Å². The highest BCUT2D eigenvalue weighted by Gasteiger charge is 1.93. The van der Waals surface area contributed by atoms with E-state index in [4.69, 9.17) is 9.47 Å². The fraction of sp³-hybridized carbons (Fsp3) is 0.500. The fourth-order valence-corrected chi connectivity index (χ4v) is 1.03. The molecule has 0 N–H and O–H groups in total. The molecular formula is C10H15NO2. The van der Waals surface area contributed by atoms with Gasteiger partial charge >= 0.3 is 0 Å². The van der Waals surface area contributed by atoms with Crippen molar-refractivity contribution in [3.8, 4) is 0 Å². The molecule has 0 aliphatic carbocycles. The molecule has 3 nitrogen and oxygen atoms in total. The zero-order valence-electron chi connectivity index (χ0n) is 8.12. The molecule has 3 heteroatoms. The summed E-state index contributed by atoms with van der Waals surface area (Å²) < 4.78 is 10.2. The second-order valence-electron chi connectivity index (χ2n) is 2.92. The van der Waals surface area contributed by atoms with E-state index in [0.717, 1.165) is 11.1 Å². The summed E-state index contributed by atoms with van der Waals surface area (Å²) in [4.78, 5) is 4.07. The number of ether oxygens (including phenoxy) is 2. The van der Waals surface area contributed by atoms with Gasteiger partial charge in [0, 0.05) is 19.5 Å². The SMILES string of the molecule is COCCOCc1cncc(C)c1. The van der Waals surface area contributed by atoms with Crippen LogP contribution < -0.4 is 0 Å². The average molecular weight is 181 g/mol. The van der Waals surface area contributed by atoms with Gasteiger partial charge in [-0.1, -0.05) is 6.07 Å². The van der Waals surface area contributed by atoms with Gasteiger partial charge in [-0.15, -0.1) is 0 Å². The molecule has 1 aromatic rings. The third-order valence-corrected chi connectivity index (χ3v) is 1.63. The van der Waals surface area contributed by atoms with Crippen molar-refractivity contribution in [2.24, 2.45) is 0 Å². The summed E-state index contributed by atoms with van der Waals surface area (Å²) in [5.41, 5.74) is 2.27. The van der Waals surface area contributed by atoms with Crippen molar-refractivity contribution in [3.05, 3.63) is 29.6 Å². The first-order valence-corrected chi connectivity index (χ1v) is 4.30. The standard InChI is InChI=1S/C10H15NO2/c1-9-5-10(7-11-6-9)8-13-4-3-12-2/h5-7H,3-4,8H2,1-2H3. The molecule has 1 aromatic heterocycles. The quantitative estimate of drug-likeness (QED) is 0.646. The highest BCUT2D eigenvalue weighted by atomic mass is 16.5. The smallest absolute Gasteiger partial charge is 0.0733 e. The third kappa shape index (κ3) is 4.01. The fourth-order valence-electron chi connectivity index (χ4n) is 1.03. The number of hydrogen-bond acceptors (Lipinski definition) is 3. The predicted molar refractivity (Wildman–Crippen MR) is 50.5 cm³/mol. The molecule has 1 rings (SSSR count). The van der Waals surface area contributed by atoms with E-state index in [-0.39, 0.29) is 0 Å². The first-order chi connectivity index (χ1) is 6.33. The van der Waals surface area contributed by atoms with E-state index in [2.05, 4.69) is 11.1 Å². The molecule has 0 radical (unpaired) electrons. The van der Waals surface area contributed by atoms with Gasteiger partial charge in [-0.05, 0) is 18.1 Å². The molecule has 0 spiro atoms. The molecule has 13 heavy (non-hydrogen) atoms. The topological polar surface area (TPSA) is 31.4 Å². The molecule has 0 fully saturated rings. The van der Waals surface area contributed by atoms with Gasteiger partial charge in [0.2, 0.25) is 0 Å². The molecule has 1 heterocycles. The number of rotatable bonds is 5. The minimum absolute atomic E-state index is 0.609. The molecular weight excluding hydrogens is 166 g/mol. The molecule has 0 unspecified atom stereocenters. The summed E-state index contributed by atoms with van der Waals surface area (Å²) in [6, 6.07) is 2.07. The maximum atomic E-state index is 5.35. The Labute approximate surface area is 78.7 Å². The largest absolute Gasteiger partial charge is 0.382 e. The van der Waals surface area contributed by atoms with Crippen LogP contribution in [-0.2, 0) is 16.1 Å². The number of aromatic nitrogens is 1. The van der Waals surface area contributed by atoms with Gasteiger partial charge < -0.3 is 9.47 Å². The van der Waals surface area contributed by atoms with Crippen molar-refractivity contribution in [3.63, 3.8) is 0 Å². The molecule has 0 aliphatic heterocycles. The molecule has 0 saturated heterocycles. The first-order valence-electron chi connectivity index (χ1n) is 4.30. The van der Waals surface area contributed by atoms with Gasteiger partial charge in [0.25, 0.3) is 0 Å². The minimum Gasteiger partial charge on any atom is -0.382 e. The minimum atomic E-state index is 0.609. The lowest BCUT2D eigenvalue weighted by Crippen LogP contribution is -2.02. The highest BCUT2D eigenvalue weighted by molar-refractivity contribution is 5.15. The molecule has 0 saturated carbocycles. The van der Waals surface area contributed by atoms with Gasteiger partial charge in [-0.3, -0.25) is 4.98 Å². The van der Waals surface area contributed by atoms with Crippen LogP contribution in [0, 0.1) is 6.92 Å². The van der Waals surface area contributed by atoms with E-state index in [9.17, 15) is 0 Å². The summed E-state index contributed by atoms with van der Waals surface area (Å²) in [6.07, 6.45) is 3.65. The number of hydrogen-bond donors (Lipinski definition) is 0. The summed E-state index contributed by atoms with van der Waals surface area (Å²) in [7, 11) is 1.66. The zero-order valence-corrected chi connectivity index (χ0v) is 8.12. The van der Waals surface area contributed by atoms with Gasteiger partial charge in [0.1, 0.15) is 0 Å². The van der Waals surface area contributed by atoms with E-state index in [0.29, 0.717) is 19.8 Å². The number of nitrogens with zero attached hydrogens (tertiary/aromatic N) is 1. The maximum Gasteiger partial charge on any atom is 0.0733 e. The summed E-state index contributed by atoms with van der Waals surface area (Å²) in [6.45, 7) is 3.90. The average Bonchev–Trinajstić information content (AvgIpc) is 2.13. The second-order valence-corrected chi connectivity index (χ2v) is 2.92. The lowest BCUT2D eigenvalue weighted by molar-refractivity contribution is 0.0615. The van der Waals surface area contributed by atoms with Crippen LogP contribution >= 0.6 is 0 Å². The third-order valence-electron chi connectivity index (χ3n) is 1.63. The summed E-state index contributed by atoms with van der Waals surface area (Å²) in [5, 5.41) is 0. The maximum absolute atomic E-state index is 5.35. The number of pyridine rings is 1. The highest BCUT2D eigenvalue weighted by Crippen LogP contribution is 2.02. The van der Waals surface area contributed by atoms with Crippen LogP contribution in [0.3, 0.4) is 0 Å². The lowest BCUT2D eigenvalue weighted by Gasteiger charge is -2.03. The predicted octanol–water partition coefficient (Wildman–Crippen LogP) is 1.55. The molecule has 0 amide bonds. The van der Waals surface area contributed by atoms with E-state index in [1.54, 1.807) is 7.11 Å². The van der Waals surface area contributed by atoms with E-state index in [1.807, 2.05) is 19.3 Å². The van der Waals surface area contributed by atoms with Crippen LogP contribution in [0.25, 0.3) is 0 Å². The first kappa shape index (κ1) is 10.2. The van der Waals surface area contributed by atoms with Crippen molar-refractivity contribution in [1.82, 2.24) is 4.98 Å². The van der Waals surface area contributed by atoms with E-state index < -0.39 is 0 Å². The molecule has 0 aromatic carbocycles. The van der Waals surface area contributed by atoms with Gasteiger partial charge in [0.05, 0.1) is 19.8 Å². The van der Waals surface area contributed by atoms with Crippen LogP contribution in [0.1, 0.15) is 11.1 Å². The van der Waals surface area contributed by atoms with Crippen molar-refractivity contribution in [1.29, 1.82) is 0 Å². The normalized spacial score (nSPS) is 10.3. The van der Waals surface area contributed by atoms with Crippen LogP contribution in [0.15, 0.2) is 18.5 Å². The Kier molecular flexibility index (Phi) is 4.43. The Morgan fingerprint density at radius 2 is 2.15 bits per heavy atom. The van der Waals surface area contributed by atoms with E-state index in [1.165, 1.54) is 0 Å². The molecule has 0 bridgehead atoms. The summed E-state index contributed by atoms with van der Waals surface area (Å²) in [5.74, 6) is 0. The van der Waals surface area contributed by atoms with Crippen molar-refractivity contribution in [2.45, 2.75) is 13.5 Å². The van der Waals surface area contributed by atoms with Crippen LogP contribution in [0.2, 0.25) is 0 Å². The molecule has 0 atom stereocenters. The van der Waals surface area contributed by atoms with Crippen molar-refractivity contribution < 1.29 is 9.47 Å². The van der Waals surface area contributed by atoms with Gasteiger partial charge in [-0.25, -0.2) is 0 Å². The molecule has 0 aliphatic rings. The molecule has 72 valence electrons. The zero-order chi connectivity index (χ0) is 9.52. The van der Waals surface area contributed by atoms with Crippen LogP contribution in [0.4, 0.5) is 0 Å². The second kappa shape index (κ2) is 5.67. The summed E-state index contributed by atoms with van der Waals surface area (Å²) >= 11 is 0. The Hall–Kier alpha value is -0.930.